The van der Waals surface area contributed by atoms with Gasteiger partial charge in [-0.1, -0.05) is 17.1 Å². The molecular weight excluding hydrogens is 478 g/mol. The molecule has 1 aliphatic rings. The van der Waals surface area contributed by atoms with E-state index < -0.39 is 0 Å². The van der Waals surface area contributed by atoms with Crippen molar-refractivity contribution in [1.82, 2.24) is 20.0 Å². The number of rotatable bonds is 7. The largest absolute Gasteiger partial charge is 0.489 e. The van der Waals surface area contributed by atoms with Crippen LogP contribution in [0.25, 0.3) is 10.9 Å². The van der Waals surface area contributed by atoms with Gasteiger partial charge in [-0.15, -0.1) is 18.8 Å². The number of ether oxygens (including phenoxy) is 2. The molecule has 2 aromatic heterocycles. The smallest absolute Gasteiger partial charge is 0.145 e. The number of hydrogen-bond donors (Lipinski definition) is 1. The first-order chi connectivity index (χ1) is 17.1. The Balaban J connectivity index is 0.00000304. The second-order valence-electron chi connectivity index (χ2n) is 8.69. The molecule has 0 aliphatic carbocycles. The van der Waals surface area contributed by atoms with E-state index in [4.69, 9.17) is 20.4 Å². The number of terminal acetylenes is 1. The molecule has 9 heteroatoms. The third-order valence-corrected chi connectivity index (χ3v) is 6.03. The van der Waals surface area contributed by atoms with Crippen LogP contribution < -0.4 is 14.8 Å². The molecule has 0 radical (unpaired) electrons. The Hall–Kier alpha value is -3.80. The Kier molecular flexibility index (Phi) is 7.93. The van der Waals surface area contributed by atoms with Crippen LogP contribution in [-0.4, -0.2) is 46.3 Å². The molecule has 186 valence electrons. The first-order valence-electron chi connectivity index (χ1n) is 11.6. The number of aromatic nitrogens is 3. The Bertz CT molecular complexity index is 1370. The van der Waals surface area contributed by atoms with E-state index in [0.29, 0.717) is 22.8 Å². The zero-order chi connectivity index (χ0) is 24.2. The average molecular weight is 506 g/mol. The minimum Gasteiger partial charge on any atom is -0.489 e. The molecule has 3 heterocycles. The number of piperidine rings is 1. The van der Waals surface area contributed by atoms with E-state index in [9.17, 15) is 0 Å². The number of aryl methyl sites for hydroxylation is 1. The summed E-state index contributed by atoms with van der Waals surface area (Å²) in [7, 11) is 2.14. The first-order valence-corrected chi connectivity index (χ1v) is 11.6. The van der Waals surface area contributed by atoms with E-state index in [0.717, 1.165) is 54.0 Å². The fourth-order valence-corrected chi connectivity index (χ4v) is 4.17. The molecule has 36 heavy (non-hydrogen) atoms. The molecule has 0 amide bonds. The molecule has 0 bridgehead atoms. The van der Waals surface area contributed by atoms with Gasteiger partial charge in [0, 0.05) is 24.8 Å². The third-order valence-electron chi connectivity index (χ3n) is 6.03. The van der Waals surface area contributed by atoms with E-state index >= 15 is 0 Å². The number of anilines is 2. The van der Waals surface area contributed by atoms with E-state index in [2.05, 4.69) is 38.3 Å². The number of fused-ring (bicyclic) bond motifs is 1. The Morgan fingerprint density at radius 1 is 1.14 bits per heavy atom. The van der Waals surface area contributed by atoms with Crippen LogP contribution in [0, 0.1) is 19.3 Å². The van der Waals surface area contributed by atoms with E-state index in [1.165, 1.54) is 0 Å². The SMILES string of the molecule is C#Cc1cc(Nc2ncnc3cccc(OC4CCN(C)CC4)c23)ccc1OCc1cc(C)on1.Cl. The van der Waals surface area contributed by atoms with Crippen molar-refractivity contribution in [2.24, 2.45) is 0 Å². The number of nitrogens with one attached hydrogen (secondary N) is 1. The monoisotopic (exact) mass is 505 g/mol. The zero-order valence-electron chi connectivity index (χ0n) is 20.2. The van der Waals surface area contributed by atoms with Crippen LogP contribution in [0.4, 0.5) is 11.5 Å². The predicted octanol–water partition coefficient (Wildman–Crippen LogP) is 5.12. The number of nitrogens with zero attached hydrogens (tertiary/aromatic N) is 4. The van der Waals surface area contributed by atoms with Crippen molar-refractivity contribution in [2.75, 3.05) is 25.5 Å². The molecule has 0 atom stereocenters. The number of likely N-dealkylation sites (tertiary alicyclic amines) is 1. The third kappa shape index (κ3) is 5.70. The van der Waals surface area contributed by atoms with Crippen LogP contribution in [0.3, 0.4) is 0 Å². The van der Waals surface area contributed by atoms with Crippen LogP contribution in [-0.2, 0) is 6.61 Å². The molecule has 1 saturated heterocycles. The highest BCUT2D eigenvalue weighted by Crippen LogP contribution is 2.34. The molecule has 0 spiro atoms. The molecular formula is C27H28ClN5O3. The molecule has 8 nitrogen and oxygen atoms in total. The maximum Gasteiger partial charge on any atom is 0.145 e. The highest BCUT2D eigenvalue weighted by atomic mass is 35.5. The lowest BCUT2D eigenvalue weighted by Crippen LogP contribution is -2.35. The van der Waals surface area contributed by atoms with E-state index in [1.807, 2.05) is 49.4 Å². The average Bonchev–Trinajstić information content (AvgIpc) is 3.29. The molecule has 5 rings (SSSR count). The maximum atomic E-state index is 6.42. The van der Waals surface area contributed by atoms with Gasteiger partial charge in [0.1, 0.15) is 47.8 Å². The minimum absolute atomic E-state index is 0. The maximum absolute atomic E-state index is 6.42. The molecule has 0 unspecified atom stereocenters. The predicted molar refractivity (Wildman–Crippen MR) is 141 cm³/mol. The minimum atomic E-state index is 0. The molecule has 2 aromatic carbocycles. The van der Waals surface area contributed by atoms with Crippen molar-refractivity contribution in [3.05, 3.63) is 65.8 Å². The summed E-state index contributed by atoms with van der Waals surface area (Å²) in [5, 5.41) is 8.19. The van der Waals surface area contributed by atoms with Crippen LogP contribution in [0.5, 0.6) is 11.5 Å². The zero-order valence-corrected chi connectivity index (χ0v) is 21.0. The van der Waals surface area contributed by atoms with Crippen LogP contribution in [0.15, 0.2) is 53.3 Å². The fourth-order valence-electron chi connectivity index (χ4n) is 4.17. The van der Waals surface area contributed by atoms with Crippen LogP contribution >= 0.6 is 12.4 Å². The van der Waals surface area contributed by atoms with Crippen molar-refractivity contribution < 1.29 is 14.0 Å². The first kappa shape index (κ1) is 25.3. The van der Waals surface area contributed by atoms with Gasteiger partial charge in [-0.3, -0.25) is 0 Å². The second-order valence-corrected chi connectivity index (χ2v) is 8.69. The van der Waals surface area contributed by atoms with Gasteiger partial charge in [-0.2, -0.15) is 0 Å². The Labute approximate surface area is 216 Å². The molecule has 1 aliphatic heterocycles. The number of benzene rings is 2. The Morgan fingerprint density at radius 2 is 1.97 bits per heavy atom. The van der Waals surface area contributed by atoms with Gasteiger partial charge < -0.3 is 24.2 Å². The van der Waals surface area contributed by atoms with Crippen molar-refractivity contribution >= 4 is 34.8 Å². The van der Waals surface area contributed by atoms with E-state index in [-0.39, 0.29) is 25.1 Å². The molecule has 0 saturated carbocycles. The second kappa shape index (κ2) is 11.3. The van der Waals surface area contributed by atoms with Gasteiger partial charge in [0.05, 0.1) is 16.5 Å². The fraction of sp³-hybridized carbons (Fsp3) is 0.296. The highest BCUT2D eigenvalue weighted by molar-refractivity contribution is 5.95. The highest BCUT2D eigenvalue weighted by Gasteiger charge is 2.20. The van der Waals surface area contributed by atoms with Crippen molar-refractivity contribution in [1.29, 1.82) is 0 Å². The Morgan fingerprint density at radius 3 is 2.72 bits per heavy atom. The van der Waals surface area contributed by atoms with Crippen LogP contribution in [0.1, 0.15) is 29.9 Å². The van der Waals surface area contributed by atoms with Gasteiger partial charge in [0.15, 0.2) is 0 Å². The molecule has 1 fully saturated rings. The quantitative estimate of drug-likeness (QED) is 0.346. The lowest BCUT2D eigenvalue weighted by Gasteiger charge is -2.29. The lowest BCUT2D eigenvalue weighted by molar-refractivity contribution is 0.116. The summed E-state index contributed by atoms with van der Waals surface area (Å²) in [5.74, 6) is 5.47. The summed E-state index contributed by atoms with van der Waals surface area (Å²) >= 11 is 0. The van der Waals surface area contributed by atoms with Crippen molar-refractivity contribution in [3.63, 3.8) is 0 Å². The number of hydrogen-bond acceptors (Lipinski definition) is 8. The van der Waals surface area contributed by atoms with Gasteiger partial charge in [-0.05, 0) is 57.1 Å². The topological polar surface area (TPSA) is 85.5 Å². The molecule has 4 aromatic rings. The summed E-state index contributed by atoms with van der Waals surface area (Å²) < 4.78 is 17.4. The normalized spacial score (nSPS) is 14.1. The standard InChI is InChI=1S/C27H27N5O3.ClH/c1-4-19-15-20(8-9-24(19)33-16-21-14-18(2)35-31-21)30-27-26-23(28-17-29-27)6-5-7-25(26)34-22-10-12-32(3)13-11-22;/h1,5-9,14-15,17,22H,10-13,16H2,2-3H3,(H,28,29,30);1H. The van der Waals surface area contributed by atoms with Gasteiger partial charge in [0.25, 0.3) is 0 Å². The summed E-state index contributed by atoms with van der Waals surface area (Å²) in [5.41, 5.74) is 2.93. The summed E-state index contributed by atoms with van der Waals surface area (Å²) in [6, 6.07) is 13.3. The van der Waals surface area contributed by atoms with E-state index in [1.54, 1.807) is 6.33 Å². The van der Waals surface area contributed by atoms with Crippen molar-refractivity contribution in [2.45, 2.75) is 32.5 Å². The number of halogens is 1. The summed E-state index contributed by atoms with van der Waals surface area (Å²) in [6.07, 6.45) is 9.47. The van der Waals surface area contributed by atoms with Gasteiger partial charge in [0.2, 0.25) is 0 Å². The van der Waals surface area contributed by atoms with Gasteiger partial charge >= 0.3 is 0 Å². The van der Waals surface area contributed by atoms with Crippen molar-refractivity contribution in [3.8, 4) is 23.8 Å². The lowest BCUT2D eigenvalue weighted by atomic mass is 10.1. The van der Waals surface area contributed by atoms with Gasteiger partial charge in [-0.25, -0.2) is 9.97 Å². The summed E-state index contributed by atoms with van der Waals surface area (Å²) in [6.45, 7) is 4.16. The van der Waals surface area contributed by atoms with Crippen LogP contribution in [0.2, 0.25) is 0 Å². The summed E-state index contributed by atoms with van der Waals surface area (Å²) in [4.78, 5) is 11.3. The molecule has 1 N–H and O–H groups in total.